The molecule has 3 rings (SSSR count). The van der Waals surface area contributed by atoms with Crippen LogP contribution in [0.1, 0.15) is 57.1 Å². The van der Waals surface area contributed by atoms with E-state index in [0.717, 1.165) is 51.7 Å². The molecule has 0 saturated carbocycles. The largest absolute Gasteiger partial charge is 0.339 e. The highest BCUT2D eigenvalue weighted by Crippen LogP contribution is 2.28. The van der Waals surface area contributed by atoms with Gasteiger partial charge in [0.05, 0.1) is 0 Å². The number of fused-ring (bicyclic) bond motifs is 1. The quantitative estimate of drug-likeness (QED) is 0.852. The summed E-state index contributed by atoms with van der Waals surface area (Å²) >= 11 is 0. The Labute approximate surface area is 153 Å². The van der Waals surface area contributed by atoms with Crippen LogP contribution in [0.15, 0.2) is 24.3 Å². The molecule has 2 aliphatic rings. The van der Waals surface area contributed by atoms with Crippen molar-refractivity contribution >= 4 is 5.91 Å². The molecular formula is C22H34N2O. The molecule has 3 nitrogen and oxygen atoms in total. The van der Waals surface area contributed by atoms with E-state index in [1.165, 1.54) is 24.0 Å². The molecule has 0 radical (unpaired) electrons. The van der Waals surface area contributed by atoms with Crippen LogP contribution in [0.2, 0.25) is 0 Å². The molecule has 25 heavy (non-hydrogen) atoms. The minimum Gasteiger partial charge on any atom is -0.339 e. The Morgan fingerprint density at radius 1 is 1.20 bits per heavy atom. The molecule has 1 heterocycles. The number of carbonyl (C=O) groups is 1. The van der Waals surface area contributed by atoms with E-state index in [4.69, 9.17) is 0 Å². The third-order valence-electron chi connectivity index (χ3n) is 6.23. The highest BCUT2D eigenvalue weighted by atomic mass is 16.2. The summed E-state index contributed by atoms with van der Waals surface area (Å²) in [4.78, 5) is 15.3. The van der Waals surface area contributed by atoms with Gasteiger partial charge in [-0.05, 0) is 74.6 Å². The number of hydrogen-bond acceptors (Lipinski definition) is 2. The van der Waals surface area contributed by atoms with Gasteiger partial charge in [-0.2, -0.15) is 0 Å². The maximum atomic E-state index is 13.1. The molecule has 0 spiro atoms. The summed E-state index contributed by atoms with van der Waals surface area (Å²) in [5, 5.41) is 3.43. The molecule has 1 N–H and O–H groups in total. The maximum Gasteiger partial charge on any atom is 0.223 e. The van der Waals surface area contributed by atoms with Crippen LogP contribution in [-0.2, 0) is 17.6 Å². The van der Waals surface area contributed by atoms with Crippen molar-refractivity contribution in [3.05, 3.63) is 35.4 Å². The van der Waals surface area contributed by atoms with Gasteiger partial charge in [0, 0.05) is 19.0 Å². The van der Waals surface area contributed by atoms with Gasteiger partial charge in [0.25, 0.3) is 0 Å². The van der Waals surface area contributed by atoms with Gasteiger partial charge in [-0.3, -0.25) is 4.79 Å². The van der Waals surface area contributed by atoms with Crippen LogP contribution in [0.3, 0.4) is 0 Å². The molecule has 1 aromatic carbocycles. The number of nitrogens with zero attached hydrogens (tertiary/aromatic N) is 1. The fourth-order valence-electron chi connectivity index (χ4n) is 4.67. The number of nitrogens with one attached hydrogen (secondary N) is 1. The fourth-order valence-corrected chi connectivity index (χ4v) is 4.67. The van der Waals surface area contributed by atoms with Crippen LogP contribution < -0.4 is 5.32 Å². The van der Waals surface area contributed by atoms with Crippen LogP contribution in [0.4, 0.5) is 0 Å². The van der Waals surface area contributed by atoms with Gasteiger partial charge < -0.3 is 10.2 Å². The number of amides is 1. The molecular weight excluding hydrogens is 308 g/mol. The summed E-state index contributed by atoms with van der Waals surface area (Å²) in [5.74, 6) is 1.60. The van der Waals surface area contributed by atoms with Gasteiger partial charge >= 0.3 is 0 Å². The molecule has 0 aromatic heterocycles. The first-order valence-corrected chi connectivity index (χ1v) is 10.3. The van der Waals surface area contributed by atoms with E-state index in [9.17, 15) is 4.79 Å². The van der Waals surface area contributed by atoms with Gasteiger partial charge in [-0.25, -0.2) is 0 Å². The van der Waals surface area contributed by atoms with E-state index in [2.05, 4.69) is 48.3 Å². The van der Waals surface area contributed by atoms with Crippen molar-refractivity contribution in [1.29, 1.82) is 0 Å². The van der Waals surface area contributed by atoms with Crippen LogP contribution in [0.25, 0.3) is 0 Å². The number of piperidine rings is 1. The Morgan fingerprint density at radius 2 is 1.92 bits per heavy atom. The first-order chi connectivity index (χ1) is 12.2. The van der Waals surface area contributed by atoms with Crippen LogP contribution in [-0.4, -0.2) is 36.5 Å². The molecule has 1 aliphatic heterocycles. The van der Waals surface area contributed by atoms with Crippen LogP contribution >= 0.6 is 0 Å². The predicted molar refractivity (Wildman–Crippen MR) is 104 cm³/mol. The van der Waals surface area contributed by atoms with Crippen molar-refractivity contribution in [2.24, 2.45) is 11.8 Å². The average Bonchev–Trinajstić information content (AvgIpc) is 2.66. The lowest BCUT2D eigenvalue weighted by molar-refractivity contribution is -0.135. The van der Waals surface area contributed by atoms with Crippen molar-refractivity contribution in [3.63, 3.8) is 0 Å². The topological polar surface area (TPSA) is 32.3 Å². The normalized spacial score (nSPS) is 22.2. The van der Waals surface area contributed by atoms with Crippen molar-refractivity contribution in [2.75, 3.05) is 19.6 Å². The second-order valence-corrected chi connectivity index (χ2v) is 8.02. The highest BCUT2D eigenvalue weighted by molar-refractivity contribution is 5.77. The molecule has 1 amide bonds. The number of carbonyl (C=O) groups excluding carboxylic acids is 1. The van der Waals surface area contributed by atoms with E-state index in [1.54, 1.807) is 0 Å². The smallest absolute Gasteiger partial charge is 0.223 e. The van der Waals surface area contributed by atoms with E-state index in [1.807, 2.05) is 0 Å². The van der Waals surface area contributed by atoms with Gasteiger partial charge in [0.1, 0.15) is 0 Å². The SMILES string of the molecule is CCCN(C(=O)CC(C)C1CCNCC1)C1CCc2ccccc2C1. The number of aryl methyl sites for hydroxylation is 1. The second kappa shape index (κ2) is 8.84. The van der Waals surface area contributed by atoms with Crippen molar-refractivity contribution in [1.82, 2.24) is 10.2 Å². The molecule has 2 atom stereocenters. The molecule has 1 saturated heterocycles. The van der Waals surface area contributed by atoms with Gasteiger partial charge in [-0.15, -0.1) is 0 Å². The van der Waals surface area contributed by atoms with Crippen molar-refractivity contribution < 1.29 is 4.79 Å². The highest BCUT2D eigenvalue weighted by Gasteiger charge is 2.29. The zero-order valence-corrected chi connectivity index (χ0v) is 16.0. The zero-order valence-electron chi connectivity index (χ0n) is 16.0. The van der Waals surface area contributed by atoms with Crippen LogP contribution in [0.5, 0.6) is 0 Å². The molecule has 3 heteroatoms. The Balaban J connectivity index is 1.63. The Morgan fingerprint density at radius 3 is 2.64 bits per heavy atom. The molecule has 138 valence electrons. The number of benzene rings is 1. The summed E-state index contributed by atoms with van der Waals surface area (Å²) in [5.41, 5.74) is 2.92. The van der Waals surface area contributed by atoms with E-state index in [-0.39, 0.29) is 0 Å². The zero-order chi connectivity index (χ0) is 17.6. The second-order valence-electron chi connectivity index (χ2n) is 8.02. The lowest BCUT2D eigenvalue weighted by atomic mass is 9.83. The Hall–Kier alpha value is -1.35. The predicted octanol–water partition coefficient (Wildman–Crippen LogP) is 3.81. The maximum absolute atomic E-state index is 13.1. The monoisotopic (exact) mass is 342 g/mol. The third-order valence-corrected chi connectivity index (χ3v) is 6.23. The first-order valence-electron chi connectivity index (χ1n) is 10.3. The Kier molecular flexibility index (Phi) is 6.52. The first kappa shape index (κ1) is 18.4. The van der Waals surface area contributed by atoms with E-state index in [0.29, 0.717) is 23.8 Å². The molecule has 2 unspecified atom stereocenters. The van der Waals surface area contributed by atoms with Crippen molar-refractivity contribution in [2.45, 2.75) is 64.8 Å². The summed E-state index contributed by atoms with van der Waals surface area (Å²) in [6, 6.07) is 9.15. The summed E-state index contributed by atoms with van der Waals surface area (Å²) in [6.45, 7) is 7.61. The summed E-state index contributed by atoms with van der Waals surface area (Å²) in [6.07, 6.45) is 7.47. The minimum atomic E-state index is 0.386. The molecule has 1 fully saturated rings. The van der Waals surface area contributed by atoms with E-state index < -0.39 is 0 Å². The lowest BCUT2D eigenvalue weighted by Crippen LogP contribution is -2.45. The third kappa shape index (κ3) is 4.63. The average molecular weight is 343 g/mol. The molecule has 0 bridgehead atoms. The molecule has 1 aliphatic carbocycles. The van der Waals surface area contributed by atoms with Crippen LogP contribution in [0, 0.1) is 11.8 Å². The molecule has 1 aromatic rings. The summed E-state index contributed by atoms with van der Waals surface area (Å²) in [7, 11) is 0. The van der Waals surface area contributed by atoms with Crippen molar-refractivity contribution in [3.8, 4) is 0 Å². The standard InChI is InChI=1S/C22H34N2O/c1-3-14-24(21-9-8-19-6-4-5-7-20(19)16-21)22(25)15-17(2)18-10-12-23-13-11-18/h4-7,17-18,21,23H,3,8-16H2,1-2H3. The summed E-state index contributed by atoms with van der Waals surface area (Å²) < 4.78 is 0. The van der Waals surface area contributed by atoms with E-state index >= 15 is 0 Å². The minimum absolute atomic E-state index is 0.386. The fraction of sp³-hybridized carbons (Fsp3) is 0.682. The van der Waals surface area contributed by atoms with Gasteiger partial charge in [-0.1, -0.05) is 38.1 Å². The van der Waals surface area contributed by atoms with Gasteiger partial charge in [0.2, 0.25) is 5.91 Å². The number of rotatable bonds is 6. The number of hydrogen-bond donors (Lipinski definition) is 1. The van der Waals surface area contributed by atoms with Gasteiger partial charge in [0.15, 0.2) is 0 Å². The lowest BCUT2D eigenvalue weighted by Gasteiger charge is -2.37. The Bertz CT molecular complexity index is 565.